The van der Waals surface area contributed by atoms with Gasteiger partial charge in [-0.2, -0.15) is 0 Å². The van der Waals surface area contributed by atoms with Crippen molar-refractivity contribution in [1.82, 2.24) is 4.90 Å². The van der Waals surface area contributed by atoms with Crippen molar-refractivity contribution >= 4 is 12.4 Å². The maximum absolute atomic E-state index is 12.1. The molecular weight excluding hydrogens is 382 g/mol. The molecule has 1 saturated heterocycles. The van der Waals surface area contributed by atoms with Crippen molar-refractivity contribution in [2.45, 2.75) is 57.5 Å². The van der Waals surface area contributed by atoms with Crippen LogP contribution in [0.2, 0.25) is 0 Å². The van der Waals surface area contributed by atoms with E-state index in [9.17, 15) is 5.11 Å². The van der Waals surface area contributed by atoms with Crippen LogP contribution in [0, 0.1) is 0 Å². The molecule has 3 rings (SSSR count). The van der Waals surface area contributed by atoms with Gasteiger partial charge in [-0.05, 0) is 62.5 Å². The second-order valence-corrected chi connectivity index (χ2v) is 7.96. The van der Waals surface area contributed by atoms with Gasteiger partial charge in [-0.1, -0.05) is 62.2 Å². The van der Waals surface area contributed by atoms with E-state index in [1.807, 2.05) is 19.1 Å². The fourth-order valence-electron chi connectivity index (χ4n) is 4.41. The molecule has 0 radical (unpaired) electrons. The Morgan fingerprint density at radius 1 is 1.00 bits per heavy atom. The predicted molar refractivity (Wildman–Crippen MR) is 123 cm³/mol. The van der Waals surface area contributed by atoms with E-state index < -0.39 is 5.60 Å². The van der Waals surface area contributed by atoms with E-state index in [0.29, 0.717) is 6.61 Å². The number of hydrogen-bond acceptors (Lipinski definition) is 3. The minimum absolute atomic E-state index is 0. The van der Waals surface area contributed by atoms with Gasteiger partial charge in [-0.3, -0.25) is 0 Å². The SMILES string of the molecule is CCCCC(O)(c1ccc(OCC)cc1)C(CN1CCCC1)c1ccccc1.Cl. The summed E-state index contributed by atoms with van der Waals surface area (Å²) in [5.74, 6) is 0.913. The highest BCUT2D eigenvalue weighted by atomic mass is 35.5. The van der Waals surface area contributed by atoms with Crippen LogP contribution in [0.1, 0.15) is 63.0 Å². The summed E-state index contributed by atoms with van der Waals surface area (Å²) in [6, 6.07) is 18.7. The Labute approximate surface area is 182 Å². The average Bonchev–Trinajstić information content (AvgIpc) is 3.25. The first-order chi connectivity index (χ1) is 13.7. The maximum Gasteiger partial charge on any atom is 0.119 e. The summed E-state index contributed by atoms with van der Waals surface area (Å²) >= 11 is 0. The molecule has 1 fully saturated rings. The van der Waals surface area contributed by atoms with Gasteiger partial charge in [0.05, 0.1) is 12.2 Å². The summed E-state index contributed by atoms with van der Waals surface area (Å²) in [4.78, 5) is 2.52. The zero-order valence-electron chi connectivity index (χ0n) is 17.8. The van der Waals surface area contributed by atoms with Crippen LogP contribution in [-0.4, -0.2) is 36.2 Å². The lowest BCUT2D eigenvalue weighted by molar-refractivity contribution is -0.0130. The van der Waals surface area contributed by atoms with Crippen LogP contribution < -0.4 is 4.74 Å². The van der Waals surface area contributed by atoms with Crippen LogP contribution in [0.25, 0.3) is 0 Å². The van der Waals surface area contributed by atoms with Gasteiger partial charge >= 0.3 is 0 Å². The third-order valence-corrected chi connectivity index (χ3v) is 5.99. The molecule has 0 amide bonds. The summed E-state index contributed by atoms with van der Waals surface area (Å²) in [5, 5.41) is 12.1. The maximum atomic E-state index is 12.1. The molecule has 1 aliphatic heterocycles. The number of hydrogen-bond donors (Lipinski definition) is 1. The standard InChI is InChI=1S/C25H35NO2.ClH/c1-3-5-17-25(27,22-13-15-23(16-14-22)28-4-2)24(20-26-18-9-10-19-26)21-11-7-6-8-12-21;/h6-8,11-16,24,27H,3-5,9-10,17-20H2,1-2H3;1H. The van der Waals surface area contributed by atoms with Gasteiger partial charge in [0.25, 0.3) is 0 Å². The molecule has 0 aromatic heterocycles. The minimum Gasteiger partial charge on any atom is -0.494 e. The summed E-state index contributed by atoms with van der Waals surface area (Å²) in [6.45, 7) is 8.01. The van der Waals surface area contributed by atoms with Crippen LogP contribution in [0.3, 0.4) is 0 Å². The first-order valence-corrected chi connectivity index (χ1v) is 10.9. The fraction of sp³-hybridized carbons (Fsp3) is 0.520. The molecule has 160 valence electrons. The van der Waals surface area contributed by atoms with Gasteiger partial charge in [0.2, 0.25) is 0 Å². The third-order valence-electron chi connectivity index (χ3n) is 5.99. The normalized spacial score (nSPS) is 17.3. The van der Waals surface area contributed by atoms with Crippen molar-refractivity contribution in [1.29, 1.82) is 0 Å². The highest BCUT2D eigenvalue weighted by Gasteiger charge is 2.40. The molecule has 0 bridgehead atoms. The Kier molecular flexibility index (Phi) is 9.48. The van der Waals surface area contributed by atoms with Gasteiger partial charge < -0.3 is 14.7 Å². The van der Waals surface area contributed by atoms with Crippen molar-refractivity contribution < 1.29 is 9.84 Å². The molecule has 1 N–H and O–H groups in total. The Morgan fingerprint density at radius 2 is 1.66 bits per heavy atom. The van der Waals surface area contributed by atoms with E-state index >= 15 is 0 Å². The quantitative estimate of drug-likeness (QED) is 0.533. The molecule has 1 heterocycles. The smallest absolute Gasteiger partial charge is 0.119 e. The molecule has 0 saturated carbocycles. The number of likely N-dealkylation sites (tertiary alicyclic amines) is 1. The lowest BCUT2D eigenvalue weighted by Crippen LogP contribution is -2.40. The summed E-state index contributed by atoms with van der Waals surface area (Å²) in [7, 11) is 0. The average molecular weight is 418 g/mol. The minimum atomic E-state index is -0.884. The Balaban J connectivity index is 0.00000300. The molecule has 0 spiro atoms. The van der Waals surface area contributed by atoms with Crippen molar-refractivity contribution in [2.75, 3.05) is 26.2 Å². The molecule has 2 atom stereocenters. The number of nitrogens with zero attached hydrogens (tertiary/aromatic N) is 1. The van der Waals surface area contributed by atoms with Crippen molar-refractivity contribution in [3.05, 3.63) is 65.7 Å². The van der Waals surface area contributed by atoms with Crippen molar-refractivity contribution in [2.24, 2.45) is 0 Å². The van der Waals surface area contributed by atoms with E-state index in [4.69, 9.17) is 4.74 Å². The number of aliphatic hydroxyl groups is 1. The molecule has 2 aromatic carbocycles. The monoisotopic (exact) mass is 417 g/mol. The van der Waals surface area contributed by atoms with Crippen LogP contribution in [-0.2, 0) is 5.60 Å². The van der Waals surface area contributed by atoms with Gasteiger partial charge in [-0.25, -0.2) is 0 Å². The van der Waals surface area contributed by atoms with E-state index in [1.165, 1.54) is 18.4 Å². The number of benzene rings is 2. The Bertz CT molecular complexity index is 701. The van der Waals surface area contributed by atoms with Crippen molar-refractivity contribution in [3.63, 3.8) is 0 Å². The lowest BCUT2D eigenvalue weighted by Gasteiger charge is -2.39. The summed E-state index contributed by atoms with van der Waals surface area (Å²) < 4.78 is 5.62. The molecule has 3 nitrogen and oxygen atoms in total. The molecule has 2 aromatic rings. The molecule has 1 aliphatic rings. The molecule has 2 unspecified atom stereocenters. The third kappa shape index (κ3) is 5.97. The first-order valence-electron chi connectivity index (χ1n) is 10.9. The van der Waals surface area contributed by atoms with E-state index in [1.54, 1.807) is 0 Å². The molecule has 4 heteroatoms. The van der Waals surface area contributed by atoms with Crippen LogP contribution in [0.15, 0.2) is 54.6 Å². The van der Waals surface area contributed by atoms with Gasteiger partial charge in [0, 0.05) is 12.5 Å². The van der Waals surface area contributed by atoms with Crippen molar-refractivity contribution in [3.8, 4) is 5.75 Å². The number of halogens is 1. The summed E-state index contributed by atoms with van der Waals surface area (Å²) in [5.41, 5.74) is 1.34. The Morgan fingerprint density at radius 3 is 2.24 bits per heavy atom. The zero-order valence-corrected chi connectivity index (χ0v) is 18.7. The number of unbranched alkanes of at least 4 members (excludes halogenated alkanes) is 1. The predicted octanol–water partition coefficient (Wildman–Crippen LogP) is 5.76. The number of rotatable bonds is 10. The van der Waals surface area contributed by atoms with Gasteiger partial charge in [0.1, 0.15) is 5.75 Å². The fourth-order valence-corrected chi connectivity index (χ4v) is 4.41. The second-order valence-electron chi connectivity index (χ2n) is 7.96. The van der Waals surface area contributed by atoms with E-state index in [-0.39, 0.29) is 18.3 Å². The Hall–Kier alpha value is -1.55. The van der Waals surface area contributed by atoms with E-state index in [0.717, 1.165) is 50.2 Å². The second kappa shape index (κ2) is 11.6. The molecule has 0 aliphatic carbocycles. The van der Waals surface area contributed by atoms with Crippen LogP contribution >= 0.6 is 12.4 Å². The van der Waals surface area contributed by atoms with E-state index in [2.05, 4.69) is 54.3 Å². The highest BCUT2D eigenvalue weighted by Crippen LogP contribution is 2.42. The molecular formula is C25H36ClNO2. The molecule has 29 heavy (non-hydrogen) atoms. The summed E-state index contributed by atoms with van der Waals surface area (Å²) in [6.07, 6.45) is 5.37. The lowest BCUT2D eigenvalue weighted by atomic mass is 9.74. The van der Waals surface area contributed by atoms with Crippen LogP contribution in [0.5, 0.6) is 5.75 Å². The largest absolute Gasteiger partial charge is 0.494 e. The van der Waals surface area contributed by atoms with Gasteiger partial charge in [0.15, 0.2) is 0 Å². The highest BCUT2D eigenvalue weighted by molar-refractivity contribution is 5.85. The van der Waals surface area contributed by atoms with Crippen LogP contribution in [0.4, 0.5) is 0 Å². The topological polar surface area (TPSA) is 32.7 Å². The first kappa shape index (κ1) is 23.7. The zero-order chi connectivity index (χ0) is 19.8. The van der Waals surface area contributed by atoms with Gasteiger partial charge in [-0.15, -0.1) is 12.4 Å². The number of ether oxygens (including phenoxy) is 1.